The zero-order chi connectivity index (χ0) is 15.2. The fraction of sp³-hybridized carbons (Fsp3) is 0.625. The Morgan fingerprint density at radius 1 is 1.38 bits per heavy atom. The second kappa shape index (κ2) is 8.30. The van der Waals surface area contributed by atoms with Gasteiger partial charge in [0.25, 0.3) is 0 Å². The lowest BCUT2D eigenvalue weighted by molar-refractivity contribution is 0.377. The van der Waals surface area contributed by atoms with Crippen molar-refractivity contribution < 1.29 is 9.47 Å². The standard InChI is InChI=1S/C16H24BrNO2S/c1-4-9-18-15(13-6-5-10-21-13)11-7-8-12(19-2)14(17)16(11)20-3/h7-8,13,15,18H,4-6,9-10H2,1-3H3. The van der Waals surface area contributed by atoms with Crippen molar-refractivity contribution in [1.29, 1.82) is 0 Å². The first-order valence-corrected chi connectivity index (χ1v) is 9.32. The monoisotopic (exact) mass is 373 g/mol. The number of thioether (sulfide) groups is 1. The van der Waals surface area contributed by atoms with Crippen LogP contribution in [0.4, 0.5) is 0 Å². The number of hydrogen-bond donors (Lipinski definition) is 1. The van der Waals surface area contributed by atoms with Crippen molar-refractivity contribution in [2.75, 3.05) is 26.5 Å². The molecule has 21 heavy (non-hydrogen) atoms. The molecular weight excluding hydrogens is 350 g/mol. The van der Waals surface area contributed by atoms with E-state index in [2.05, 4.69) is 46.0 Å². The van der Waals surface area contributed by atoms with Gasteiger partial charge in [0.15, 0.2) is 0 Å². The largest absolute Gasteiger partial charge is 0.495 e. The predicted octanol–water partition coefficient (Wildman–Crippen LogP) is 4.40. The van der Waals surface area contributed by atoms with Crippen LogP contribution < -0.4 is 14.8 Å². The van der Waals surface area contributed by atoms with E-state index in [-0.39, 0.29) is 0 Å². The lowest BCUT2D eigenvalue weighted by Crippen LogP contribution is -2.30. The van der Waals surface area contributed by atoms with Crippen LogP contribution in [0, 0.1) is 0 Å². The molecule has 2 unspecified atom stereocenters. The summed E-state index contributed by atoms with van der Waals surface area (Å²) in [5.74, 6) is 2.95. The van der Waals surface area contributed by atoms with E-state index in [4.69, 9.17) is 9.47 Å². The average molecular weight is 374 g/mol. The fourth-order valence-electron chi connectivity index (χ4n) is 2.77. The maximum atomic E-state index is 5.66. The maximum Gasteiger partial charge on any atom is 0.141 e. The van der Waals surface area contributed by atoms with E-state index in [0.29, 0.717) is 11.3 Å². The highest BCUT2D eigenvalue weighted by Crippen LogP contribution is 2.44. The Labute approximate surface area is 140 Å². The van der Waals surface area contributed by atoms with E-state index >= 15 is 0 Å². The molecule has 1 saturated heterocycles. The fourth-order valence-corrected chi connectivity index (χ4v) is 4.86. The third-order valence-electron chi connectivity index (χ3n) is 3.80. The minimum atomic E-state index is 0.328. The van der Waals surface area contributed by atoms with Crippen LogP contribution in [-0.4, -0.2) is 31.8 Å². The second-order valence-electron chi connectivity index (χ2n) is 5.19. The van der Waals surface area contributed by atoms with Crippen molar-refractivity contribution in [2.45, 2.75) is 37.5 Å². The van der Waals surface area contributed by atoms with Crippen molar-refractivity contribution >= 4 is 27.7 Å². The number of methoxy groups -OCH3 is 2. The molecule has 0 spiro atoms. The summed E-state index contributed by atoms with van der Waals surface area (Å²) >= 11 is 5.68. The van der Waals surface area contributed by atoms with Gasteiger partial charge in [-0.2, -0.15) is 11.8 Å². The first kappa shape index (κ1) is 17.0. The molecule has 1 aliphatic heterocycles. The quantitative estimate of drug-likeness (QED) is 0.766. The third-order valence-corrected chi connectivity index (χ3v) is 6.01. The SMILES string of the molecule is CCCNC(c1ccc(OC)c(Br)c1OC)C1CCCS1. The van der Waals surface area contributed by atoms with Gasteiger partial charge in [-0.1, -0.05) is 6.92 Å². The van der Waals surface area contributed by atoms with Gasteiger partial charge in [0, 0.05) is 16.9 Å². The molecular formula is C16H24BrNO2S. The molecule has 3 nitrogen and oxygen atoms in total. The van der Waals surface area contributed by atoms with E-state index in [9.17, 15) is 0 Å². The molecule has 1 aliphatic rings. The summed E-state index contributed by atoms with van der Waals surface area (Å²) in [6, 6.07) is 4.48. The molecule has 1 fully saturated rings. The number of rotatable bonds is 7. The van der Waals surface area contributed by atoms with E-state index in [0.717, 1.165) is 28.9 Å². The molecule has 2 rings (SSSR count). The number of ether oxygens (including phenoxy) is 2. The highest BCUT2D eigenvalue weighted by molar-refractivity contribution is 9.10. The number of halogens is 1. The van der Waals surface area contributed by atoms with Crippen LogP contribution in [0.5, 0.6) is 11.5 Å². The van der Waals surface area contributed by atoms with Gasteiger partial charge in [0.05, 0.1) is 14.2 Å². The first-order chi connectivity index (χ1) is 10.2. The van der Waals surface area contributed by atoms with Gasteiger partial charge in [-0.25, -0.2) is 0 Å². The average Bonchev–Trinajstić information content (AvgIpc) is 3.02. The molecule has 5 heteroatoms. The Morgan fingerprint density at radius 3 is 2.76 bits per heavy atom. The summed E-state index contributed by atoms with van der Waals surface area (Å²) in [6.07, 6.45) is 3.70. The molecule has 0 bridgehead atoms. The van der Waals surface area contributed by atoms with Crippen molar-refractivity contribution in [3.8, 4) is 11.5 Å². The van der Waals surface area contributed by atoms with Crippen molar-refractivity contribution in [3.05, 3.63) is 22.2 Å². The molecule has 2 atom stereocenters. The number of nitrogens with one attached hydrogen (secondary N) is 1. The first-order valence-electron chi connectivity index (χ1n) is 7.48. The summed E-state index contributed by atoms with van der Waals surface area (Å²) in [4.78, 5) is 0. The van der Waals surface area contributed by atoms with E-state index in [1.165, 1.54) is 24.2 Å². The molecule has 0 saturated carbocycles. The van der Waals surface area contributed by atoms with Crippen LogP contribution in [0.25, 0.3) is 0 Å². The van der Waals surface area contributed by atoms with Crippen molar-refractivity contribution in [1.82, 2.24) is 5.32 Å². The minimum absolute atomic E-state index is 0.328. The highest BCUT2D eigenvalue weighted by atomic mass is 79.9. The molecule has 0 aromatic heterocycles. The zero-order valence-corrected chi connectivity index (χ0v) is 15.4. The molecule has 1 heterocycles. The van der Waals surface area contributed by atoms with E-state index < -0.39 is 0 Å². The van der Waals surface area contributed by atoms with Gasteiger partial charge in [-0.3, -0.25) is 0 Å². The second-order valence-corrected chi connectivity index (χ2v) is 7.33. The van der Waals surface area contributed by atoms with Gasteiger partial charge >= 0.3 is 0 Å². The molecule has 1 aromatic rings. The lowest BCUT2D eigenvalue weighted by Gasteiger charge is -2.27. The Bertz CT molecular complexity index is 464. The Balaban J connectivity index is 2.35. The molecule has 1 N–H and O–H groups in total. The summed E-state index contributed by atoms with van der Waals surface area (Å²) < 4.78 is 11.9. The molecule has 118 valence electrons. The predicted molar refractivity (Wildman–Crippen MR) is 93.8 cm³/mol. The van der Waals surface area contributed by atoms with Crippen LogP contribution in [0.3, 0.4) is 0 Å². The maximum absolute atomic E-state index is 5.66. The molecule has 0 amide bonds. The lowest BCUT2D eigenvalue weighted by atomic mass is 9.99. The van der Waals surface area contributed by atoms with Gasteiger partial charge < -0.3 is 14.8 Å². The zero-order valence-electron chi connectivity index (χ0n) is 12.9. The van der Waals surface area contributed by atoms with Crippen LogP contribution in [0.2, 0.25) is 0 Å². The van der Waals surface area contributed by atoms with Gasteiger partial charge in [-0.05, 0) is 59.6 Å². The summed E-state index contributed by atoms with van der Waals surface area (Å²) in [5, 5.41) is 4.32. The van der Waals surface area contributed by atoms with Crippen LogP contribution in [0.1, 0.15) is 37.8 Å². The van der Waals surface area contributed by atoms with Gasteiger partial charge in [0.2, 0.25) is 0 Å². The summed E-state index contributed by atoms with van der Waals surface area (Å²) in [5.41, 5.74) is 1.22. The van der Waals surface area contributed by atoms with Gasteiger partial charge in [-0.15, -0.1) is 0 Å². The van der Waals surface area contributed by atoms with Crippen LogP contribution in [0.15, 0.2) is 16.6 Å². The topological polar surface area (TPSA) is 30.5 Å². The molecule has 0 aliphatic carbocycles. The Kier molecular flexibility index (Phi) is 6.71. The Hall–Kier alpha value is -0.390. The summed E-state index contributed by atoms with van der Waals surface area (Å²) in [6.45, 7) is 3.22. The normalized spacial score (nSPS) is 19.5. The van der Waals surface area contributed by atoms with Gasteiger partial charge in [0.1, 0.15) is 16.0 Å². The van der Waals surface area contributed by atoms with E-state index in [1.807, 2.05) is 6.07 Å². The third kappa shape index (κ3) is 3.88. The minimum Gasteiger partial charge on any atom is -0.495 e. The van der Waals surface area contributed by atoms with Crippen molar-refractivity contribution in [2.24, 2.45) is 0 Å². The molecule has 0 radical (unpaired) electrons. The number of benzene rings is 1. The van der Waals surface area contributed by atoms with Crippen LogP contribution >= 0.6 is 27.7 Å². The van der Waals surface area contributed by atoms with E-state index in [1.54, 1.807) is 14.2 Å². The Morgan fingerprint density at radius 2 is 2.19 bits per heavy atom. The number of hydrogen-bond acceptors (Lipinski definition) is 4. The highest BCUT2D eigenvalue weighted by Gasteiger charge is 2.30. The van der Waals surface area contributed by atoms with Crippen molar-refractivity contribution in [3.63, 3.8) is 0 Å². The smallest absolute Gasteiger partial charge is 0.141 e. The molecule has 1 aromatic carbocycles. The summed E-state index contributed by atoms with van der Waals surface area (Å²) in [7, 11) is 3.40. The van der Waals surface area contributed by atoms with Crippen LogP contribution in [-0.2, 0) is 0 Å².